The van der Waals surface area contributed by atoms with E-state index in [0.29, 0.717) is 32.8 Å². The first-order chi connectivity index (χ1) is 33.2. The van der Waals surface area contributed by atoms with Crippen LogP contribution in [0.5, 0.6) is 11.5 Å². The van der Waals surface area contributed by atoms with Gasteiger partial charge in [-0.1, -0.05) is 20.8 Å². The molecule has 18 heteroatoms. The van der Waals surface area contributed by atoms with E-state index >= 15 is 0 Å². The van der Waals surface area contributed by atoms with Gasteiger partial charge in [-0.05, 0) is 102 Å². The number of aliphatic imine (C=N–C) groups is 2. The highest BCUT2D eigenvalue weighted by atomic mass is 32.1. The molecule has 2 atom stereocenters. The Kier molecular flexibility index (Phi) is 14.2. The van der Waals surface area contributed by atoms with Gasteiger partial charge in [0.15, 0.2) is 0 Å². The molecule has 6 heterocycles. The zero-order valence-corrected chi connectivity index (χ0v) is 42.2. The number of aromatic nitrogens is 4. The van der Waals surface area contributed by atoms with Crippen LogP contribution in [0.15, 0.2) is 46.9 Å². The SMILES string of the molecule is CN(C)C(=O)[C@H]1CCc2c(sc3ncnc(Nc4cc5c(cc4OCCN)CN=C5)c23)C1.CN(C)C(=O)[C@H]1CCc2c(sc3ncnc(Nc4cc5c(cc4OCCNCC(C)(C)C)CN=C5)c23)C1. The Balaban J connectivity index is 0.000000174. The molecule has 4 aliphatic rings. The molecule has 0 saturated heterocycles. The van der Waals surface area contributed by atoms with Crippen LogP contribution in [0.1, 0.15) is 76.7 Å². The van der Waals surface area contributed by atoms with Gasteiger partial charge in [0.05, 0.1) is 35.2 Å². The topological polar surface area (TPSA) is 197 Å². The van der Waals surface area contributed by atoms with Crippen molar-refractivity contribution >= 4 is 90.4 Å². The van der Waals surface area contributed by atoms with Crippen LogP contribution in [0.4, 0.5) is 23.0 Å². The second-order valence-corrected chi connectivity index (χ2v) is 21.8. The van der Waals surface area contributed by atoms with Crippen LogP contribution in [-0.2, 0) is 48.4 Å². The molecular weight excluding hydrogens is 909 g/mol. The fourth-order valence-electron chi connectivity index (χ4n) is 9.39. The molecule has 0 fully saturated rings. The highest BCUT2D eigenvalue weighted by Gasteiger charge is 2.32. The lowest BCUT2D eigenvalue weighted by Gasteiger charge is -2.24. The number of hydrogen-bond acceptors (Lipinski definition) is 16. The maximum Gasteiger partial charge on any atom is 0.225 e. The average molecular weight is 971 g/mol. The minimum Gasteiger partial charge on any atom is -0.490 e. The third-order valence-corrected chi connectivity index (χ3v) is 15.1. The van der Waals surface area contributed by atoms with Crippen LogP contribution < -0.4 is 31.2 Å². The van der Waals surface area contributed by atoms with Crippen molar-refractivity contribution in [3.63, 3.8) is 0 Å². The number of rotatable bonds is 14. The predicted octanol–water partition coefficient (Wildman–Crippen LogP) is 7.47. The van der Waals surface area contributed by atoms with Gasteiger partial charge < -0.3 is 41.0 Å². The maximum absolute atomic E-state index is 12.6. The highest BCUT2D eigenvalue weighted by molar-refractivity contribution is 7.19. The zero-order chi connectivity index (χ0) is 48.4. The van der Waals surface area contributed by atoms with E-state index in [1.807, 2.05) is 46.7 Å². The third kappa shape index (κ3) is 10.6. The van der Waals surface area contributed by atoms with Crippen LogP contribution in [0.3, 0.4) is 0 Å². The van der Waals surface area contributed by atoms with Crippen molar-refractivity contribution in [1.29, 1.82) is 0 Å². The van der Waals surface area contributed by atoms with Crippen LogP contribution in [-0.4, -0.2) is 115 Å². The van der Waals surface area contributed by atoms with Gasteiger partial charge >= 0.3 is 0 Å². The predicted molar refractivity (Wildman–Crippen MR) is 278 cm³/mol. The van der Waals surface area contributed by atoms with Crippen molar-refractivity contribution < 1.29 is 19.1 Å². The van der Waals surface area contributed by atoms with Gasteiger partial charge in [0.25, 0.3) is 0 Å². The average Bonchev–Trinajstić information content (AvgIpc) is 4.14. The van der Waals surface area contributed by atoms with Gasteiger partial charge in [0.2, 0.25) is 11.8 Å². The number of amides is 2. The molecule has 2 amide bonds. The van der Waals surface area contributed by atoms with Gasteiger partial charge in [-0.2, -0.15) is 0 Å². The monoisotopic (exact) mass is 970 g/mol. The first-order valence-electron chi connectivity index (χ1n) is 23.7. The fraction of sp³-hybridized carbons (Fsp3) is 0.451. The zero-order valence-electron chi connectivity index (χ0n) is 40.6. The van der Waals surface area contributed by atoms with E-state index in [9.17, 15) is 9.59 Å². The number of hydrogen-bond donors (Lipinski definition) is 4. The summed E-state index contributed by atoms with van der Waals surface area (Å²) < 4.78 is 12.2. The largest absolute Gasteiger partial charge is 0.490 e. The molecule has 4 aromatic heterocycles. The molecule has 0 spiro atoms. The maximum atomic E-state index is 12.6. The van der Waals surface area contributed by atoms with Crippen molar-refractivity contribution in [2.75, 3.05) is 71.7 Å². The van der Waals surface area contributed by atoms with Crippen molar-refractivity contribution in [3.05, 3.63) is 80.1 Å². The first kappa shape index (κ1) is 48.0. The van der Waals surface area contributed by atoms with Gasteiger partial charge in [-0.3, -0.25) is 19.6 Å². The molecule has 0 saturated carbocycles. The normalized spacial score (nSPS) is 16.6. The summed E-state index contributed by atoms with van der Waals surface area (Å²) in [6.07, 6.45) is 11.9. The molecule has 2 aromatic carbocycles. The Labute approximate surface area is 411 Å². The highest BCUT2D eigenvalue weighted by Crippen LogP contribution is 2.44. The summed E-state index contributed by atoms with van der Waals surface area (Å²) in [7, 11) is 7.31. The number of aryl methyl sites for hydroxylation is 2. The van der Waals surface area contributed by atoms with E-state index < -0.39 is 0 Å². The van der Waals surface area contributed by atoms with E-state index in [1.54, 1.807) is 45.1 Å². The minimum atomic E-state index is 0.0298. The van der Waals surface area contributed by atoms with Crippen LogP contribution in [0.2, 0.25) is 0 Å². The van der Waals surface area contributed by atoms with Crippen molar-refractivity contribution in [3.8, 4) is 11.5 Å². The Hall–Kier alpha value is -6.08. The molecule has 10 rings (SSSR count). The van der Waals surface area contributed by atoms with Crippen LogP contribution >= 0.6 is 22.7 Å². The van der Waals surface area contributed by atoms with E-state index in [-0.39, 0.29) is 29.1 Å². The molecule has 2 aliphatic carbocycles. The number of carbonyl (C=O) groups excluding carboxylic acids is 2. The number of anilines is 4. The number of nitrogens with zero attached hydrogens (tertiary/aromatic N) is 8. The number of fused-ring (bicyclic) bond motifs is 8. The Morgan fingerprint density at radius 3 is 1.64 bits per heavy atom. The summed E-state index contributed by atoms with van der Waals surface area (Å²) >= 11 is 3.35. The Bertz CT molecular complexity index is 2950. The van der Waals surface area contributed by atoms with Crippen LogP contribution in [0.25, 0.3) is 20.4 Å². The van der Waals surface area contributed by atoms with Crippen molar-refractivity contribution in [2.45, 2.75) is 72.4 Å². The van der Waals surface area contributed by atoms with E-state index in [2.05, 4.69) is 84.8 Å². The molecule has 362 valence electrons. The summed E-state index contributed by atoms with van der Waals surface area (Å²) in [6.45, 7) is 11.1. The molecule has 6 aromatic rings. The van der Waals surface area contributed by atoms with Gasteiger partial charge in [0, 0.05) is 81.8 Å². The number of carbonyl (C=O) groups is 2. The first-order valence-corrected chi connectivity index (χ1v) is 25.3. The van der Waals surface area contributed by atoms with E-state index in [0.717, 1.165) is 123 Å². The second-order valence-electron chi connectivity index (χ2n) is 19.7. The van der Waals surface area contributed by atoms with Crippen molar-refractivity contribution in [2.24, 2.45) is 33.0 Å². The quantitative estimate of drug-likeness (QED) is 0.0787. The molecular formula is C51H62N12O4S2. The van der Waals surface area contributed by atoms with E-state index in [1.165, 1.54) is 26.4 Å². The smallest absolute Gasteiger partial charge is 0.225 e. The lowest BCUT2D eigenvalue weighted by atomic mass is 9.87. The Morgan fingerprint density at radius 2 is 1.19 bits per heavy atom. The molecule has 69 heavy (non-hydrogen) atoms. The molecule has 5 N–H and O–H groups in total. The molecule has 2 aliphatic heterocycles. The van der Waals surface area contributed by atoms with Gasteiger partial charge in [-0.25, -0.2) is 19.9 Å². The number of benzene rings is 2. The molecule has 16 nitrogen and oxygen atoms in total. The minimum absolute atomic E-state index is 0.0298. The number of ether oxygens (including phenoxy) is 2. The number of nitrogens with one attached hydrogen (secondary N) is 3. The van der Waals surface area contributed by atoms with Crippen molar-refractivity contribution in [1.82, 2.24) is 35.1 Å². The number of thiophene rings is 2. The fourth-order valence-corrected chi connectivity index (χ4v) is 11.9. The summed E-state index contributed by atoms with van der Waals surface area (Å²) in [5.74, 6) is 3.54. The van der Waals surface area contributed by atoms with E-state index in [4.69, 9.17) is 15.2 Å². The summed E-state index contributed by atoms with van der Waals surface area (Å²) in [6, 6.07) is 8.27. The summed E-state index contributed by atoms with van der Waals surface area (Å²) in [4.78, 5) is 60.0. The number of nitrogens with two attached hydrogens (primary N) is 1. The van der Waals surface area contributed by atoms with Gasteiger partial charge in [0.1, 0.15) is 58.7 Å². The standard InChI is InChI=1S/C28H36N6O2S.C23H26N6O2S/c1-28(2,3)15-29-8-9-36-22-11-19-14-30-13-18(19)10-21(22)33-25-24-20-7-6-17(27(35)34(4)5)12-23(20)37-26(24)32-16-31-25;1-29(2)23(30)13-3-4-16-19(9-13)32-22-20(16)21(26-12-27-22)28-17-7-14-10-25-11-15(14)8-18(17)31-6-5-24/h10-11,13,16-17,29H,6-9,12,14-15H2,1-5H3,(H,31,32,33);7-8,10,12-13H,3-6,9,11,24H2,1-2H3,(H,26,27,28)/t17-;13-/m00/s1. The van der Waals surface area contributed by atoms with Gasteiger partial charge in [-0.15, -0.1) is 22.7 Å². The molecule has 0 radical (unpaired) electrons. The Morgan fingerprint density at radius 1 is 0.710 bits per heavy atom. The molecule has 0 bridgehead atoms. The lowest BCUT2D eigenvalue weighted by Crippen LogP contribution is -2.32. The lowest BCUT2D eigenvalue weighted by molar-refractivity contribution is -0.134. The second kappa shape index (κ2) is 20.5. The summed E-state index contributed by atoms with van der Waals surface area (Å²) in [5.41, 5.74) is 14.6. The summed E-state index contributed by atoms with van der Waals surface area (Å²) in [5, 5.41) is 12.6. The van der Waals surface area contributed by atoms with Crippen LogP contribution in [0, 0.1) is 17.3 Å². The third-order valence-electron chi connectivity index (χ3n) is 12.8. The molecule has 0 unspecified atom stereocenters.